The van der Waals surface area contributed by atoms with Gasteiger partial charge < -0.3 is 18.9 Å². The summed E-state index contributed by atoms with van der Waals surface area (Å²) < 4.78 is 21.2. The summed E-state index contributed by atoms with van der Waals surface area (Å²) in [7, 11) is 1.28. The third kappa shape index (κ3) is 4.92. The van der Waals surface area contributed by atoms with Gasteiger partial charge in [-0.25, -0.2) is 4.79 Å². The third-order valence-corrected chi connectivity index (χ3v) is 2.40. The zero-order valence-electron chi connectivity index (χ0n) is 12.8. The van der Waals surface area contributed by atoms with Crippen molar-refractivity contribution in [1.29, 1.82) is 0 Å². The molecule has 5 nitrogen and oxygen atoms in total. The predicted molar refractivity (Wildman–Crippen MR) is 78.8 cm³/mol. The molecule has 0 spiro atoms. The summed E-state index contributed by atoms with van der Waals surface area (Å²) in [5, 5.41) is 0. The average molecular weight is 292 g/mol. The van der Waals surface area contributed by atoms with E-state index < -0.39 is 5.97 Å². The van der Waals surface area contributed by atoms with Gasteiger partial charge in [0.2, 0.25) is 5.75 Å². The molecule has 0 atom stereocenters. The molecule has 0 saturated heterocycles. The van der Waals surface area contributed by atoms with E-state index in [2.05, 4.69) is 16.6 Å². The second-order valence-electron chi connectivity index (χ2n) is 3.84. The van der Waals surface area contributed by atoms with Gasteiger partial charge in [-0.2, -0.15) is 0 Å². The van der Waals surface area contributed by atoms with E-state index in [-0.39, 0.29) is 0 Å². The Morgan fingerprint density at radius 3 is 1.95 bits per heavy atom. The van der Waals surface area contributed by atoms with Gasteiger partial charge in [0.25, 0.3) is 0 Å². The summed E-state index contributed by atoms with van der Waals surface area (Å²) in [6.45, 7) is 7.11. The summed E-state index contributed by atoms with van der Waals surface area (Å²) in [6, 6.07) is 3.43. The maximum absolute atomic E-state index is 11.1. The van der Waals surface area contributed by atoms with Crippen LogP contribution in [0.4, 0.5) is 0 Å². The molecular formula is C16H20O5. The molecule has 0 N–H and O–H groups in total. The number of hydrogen-bond acceptors (Lipinski definition) is 5. The lowest BCUT2D eigenvalue weighted by molar-refractivity contribution is -0.133. The highest BCUT2D eigenvalue weighted by Gasteiger charge is 2.14. The summed E-state index contributed by atoms with van der Waals surface area (Å²) in [5.41, 5.74) is 0.593. The maximum Gasteiger partial charge on any atom is 0.384 e. The molecule has 21 heavy (non-hydrogen) atoms. The average Bonchev–Trinajstić information content (AvgIpc) is 2.48. The van der Waals surface area contributed by atoms with Crippen molar-refractivity contribution in [1.82, 2.24) is 0 Å². The number of ether oxygens (including phenoxy) is 4. The first-order chi connectivity index (χ1) is 10.2. The van der Waals surface area contributed by atoms with E-state index in [0.717, 1.165) is 0 Å². The summed E-state index contributed by atoms with van der Waals surface area (Å²) in [4.78, 5) is 11.1. The first-order valence-electron chi connectivity index (χ1n) is 6.82. The maximum atomic E-state index is 11.1. The molecule has 0 fully saturated rings. The van der Waals surface area contributed by atoms with Gasteiger partial charge in [-0.05, 0) is 32.9 Å². The molecule has 0 aliphatic rings. The highest BCUT2D eigenvalue weighted by molar-refractivity contribution is 5.89. The second-order valence-corrected chi connectivity index (χ2v) is 3.84. The van der Waals surface area contributed by atoms with Crippen molar-refractivity contribution in [3.05, 3.63) is 17.7 Å². The molecule has 1 aromatic carbocycles. The summed E-state index contributed by atoms with van der Waals surface area (Å²) >= 11 is 0. The molecule has 0 aliphatic carbocycles. The Labute approximate surface area is 125 Å². The smallest absolute Gasteiger partial charge is 0.384 e. The number of rotatable bonds is 6. The standard InChI is InChI=1S/C16H20O5/c1-5-19-13-10-12(8-9-15(17)18-4)11-14(20-6-2)16(13)21-7-3/h10-11H,5-7H2,1-4H3. The van der Waals surface area contributed by atoms with Gasteiger partial charge in [0, 0.05) is 11.5 Å². The third-order valence-electron chi connectivity index (χ3n) is 2.40. The molecule has 0 aliphatic heterocycles. The summed E-state index contributed by atoms with van der Waals surface area (Å²) in [5.74, 6) is 6.13. The van der Waals surface area contributed by atoms with Crippen LogP contribution in [-0.4, -0.2) is 32.9 Å². The van der Waals surface area contributed by atoms with Gasteiger partial charge >= 0.3 is 5.97 Å². The zero-order chi connectivity index (χ0) is 15.7. The molecule has 0 heterocycles. The van der Waals surface area contributed by atoms with Gasteiger partial charge in [-0.15, -0.1) is 0 Å². The van der Waals surface area contributed by atoms with Gasteiger partial charge in [0.05, 0.1) is 26.9 Å². The van der Waals surface area contributed by atoms with E-state index >= 15 is 0 Å². The molecule has 0 amide bonds. The number of esters is 1. The molecular weight excluding hydrogens is 272 g/mol. The van der Waals surface area contributed by atoms with E-state index in [1.165, 1.54) is 7.11 Å². The van der Waals surface area contributed by atoms with E-state index in [4.69, 9.17) is 14.2 Å². The van der Waals surface area contributed by atoms with Crippen LogP contribution in [0.2, 0.25) is 0 Å². The van der Waals surface area contributed by atoms with Crippen LogP contribution in [0.3, 0.4) is 0 Å². The Hall–Kier alpha value is -2.35. The van der Waals surface area contributed by atoms with E-state index in [1.807, 2.05) is 20.8 Å². The topological polar surface area (TPSA) is 54.0 Å². The predicted octanol–water partition coefficient (Wildman–Crippen LogP) is 2.41. The highest BCUT2D eigenvalue weighted by atomic mass is 16.5. The van der Waals surface area contributed by atoms with Gasteiger partial charge in [0.1, 0.15) is 0 Å². The van der Waals surface area contributed by atoms with Gasteiger partial charge in [-0.1, -0.05) is 5.92 Å². The molecule has 1 rings (SSSR count). The monoisotopic (exact) mass is 292 g/mol. The normalized spacial score (nSPS) is 9.33. The molecule has 0 aromatic heterocycles. The number of hydrogen-bond donors (Lipinski definition) is 0. The number of methoxy groups -OCH3 is 1. The van der Waals surface area contributed by atoms with Crippen molar-refractivity contribution in [2.24, 2.45) is 0 Å². The Morgan fingerprint density at radius 1 is 1.00 bits per heavy atom. The van der Waals surface area contributed by atoms with Crippen LogP contribution < -0.4 is 14.2 Å². The molecule has 0 saturated carbocycles. The number of carbonyl (C=O) groups excluding carboxylic acids is 1. The lowest BCUT2D eigenvalue weighted by Crippen LogP contribution is -2.03. The Balaban J connectivity index is 3.26. The SMILES string of the molecule is CCOc1cc(C#CC(=O)OC)cc(OCC)c1OCC. The molecule has 0 radical (unpaired) electrons. The minimum absolute atomic E-state index is 0.486. The van der Waals surface area contributed by atoms with Crippen molar-refractivity contribution in [3.8, 4) is 29.1 Å². The Kier molecular flexibility index (Phi) is 6.96. The van der Waals surface area contributed by atoms with Gasteiger partial charge in [-0.3, -0.25) is 0 Å². The quantitative estimate of drug-likeness (QED) is 0.595. The first kappa shape index (κ1) is 16.7. The molecule has 114 valence electrons. The molecule has 0 bridgehead atoms. The van der Waals surface area contributed by atoms with E-state index in [1.54, 1.807) is 12.1 Å². The van der Waals surface area contributed by atoms with Crippen LogP contribution in [0.25, 0.3) is 0 Å². The minimum atomic E-state index is -0.597. The lowest BCUT2D eigenvalue weighted by atomic mass is 10.2. The fourth-order valence-corrected chi connectivity index (χ4v) is 1.64. The van der Waals surface area contributed by atoms with Crippen molar-refractivity contribution in [2.45, 2.75) is 20.8 Å². The van der Waals surface area contributed by atoms with Crippen LogP contribution in [0, 0.1) is 11.8 Å². The zero-order valence-corrected chi connectivity index (χ0v) is 12.8. The fraction of sp³-hybridized carbons (Fsp3) is 0.438. The highest BCUT2D eigenvalue weighted by Crippen LogP contribution is 2.38. The number of benzene rings is 1. The van der Waals surface area contributed by atoms with Crippen LogP contribution >= 0.6 is 0 Å². The van der Waals surface area contributed by atoms with Crippen molar-refractivity contribution in [2.75, 3.05) is 26.9 Å². The van der Waals surface area contributed by atoms with Crippen LogP contribution in [0.1, 0.15) is 26.3 Å². The largest absolute Gasteiger partial charge is 0.490 e. The second kappa shape index (κ2) is 8.75. The van der Waals surface area contributed by atoms with Crippen LogP contribution in [0.5, 0.6) is 17.2 Å². The van der Waals surface area contributed by atoms with Gasteiger partial charge in [0.15, 0.2) is 11.5 Å². The molecule has 5 heteroatoms. The first-order valence-corrected chi connectivity index (χ1v) is 6.82. The lowest BCUT2D eigenvalue weighted by Gasteiger charge is -2.15. The van der Waals surface area contributed by atoms with Crippen molar-refractivity contribution < 1.29 is 23.7 Å². The Morgan fingerprint density at radius 2 is 1.52 bits per heavy atom. The van der Waals surface area contributed by atoms with Crippen LogP contribution in [0.15, 0.2) is 12.1 Å². The van der Waals surface area contributed by atoms with Crippen molar-refractivity contribution >= 4 is 5.97 Å². The van der Waals surface area contributed by atoms with E-state index in [0.29, 0.717) is 42.6 Å². The fourth-order valence-electron chi connectivity index (χ4n) is 1.64. The molecule has 0 unspecified atom stereocenters. The minimum Gasteiger partial charge on any atom is -0.490 e. The molecule has 1 aromatic rings. The van der Waals surface area contributed by atoms with Crippen LogP contribution in [-0.2, 0) is 9.53 Å². The summed E-state index contributed by atoms with van der Waals surface area (Å²) in [6.07, 6.45) is 0. The van der Waals surface area contributed by atoms with E-state index in [9.17, 15) is 4.79 Å². The number of carbonyl (C=O) groups is 1. The Bertz CT molecular complexity index is 512. The van der Waals surface area contributed by atoms with Crippen molar-refractivity contribution in [3.63, 3.8) is 0 Å².